The fourth-order valence-corrected chi connectivity index (χ4v) is 3.44. The first kappa shape index (κ1) is 27.0. The Morgan fingerprint density at radius 2 is 1.50 bits per heavy atom. The lowest BCUT2D eigenvalue weighted by Gasteiger charge is -2.26. The molecule has 2 aromatic rings. The second-order valence-electron chi connectivity index (χ2n) is 8.71. The molecule has 0 aliphatic rings. The molecule has 0 saturated carbocycles. The lowest BCUT2D eigenvalue weighted by molar-refractivity contribution is -0.140. The van der Waals surface area contributed by atoms with E-state index in [1.54, 1.807) is 0 Å². The molecule has 2 aromatic carbocycles. The number of esters is 1. The van der Waals surface area contributed by atoms with Crippen molar-refractivity contribution < 1.29 is 29.3 Å². The van der Waals surface area contributed by atoms with Crippen molar-refractivity contribution in [3.63, 3.8) is 0 Å². The van der Waals surface area contributed by atoms with Crippen LogP contribution in [0.25, 0.3) is 0 Å². The third-order valence-electron chi connectivity index (χ3n) is 5.71. The van der Waals surface area contributed by atoms with E-state index in [9.17, 15) is 19.8 Å². The SMILES string of the molecule is C=CC(=O)CC(O)COc1ccc(C(C)(C)c2ccc(CCC(O)COC(=O)C=C)cc2)cc1. The second-order valence-corrected chi connectivity index (χ2v) is 8.71. The van der Waals surface area contributed by atoms with E-state index in [0.717, 1.165) is 22.8 Å². The van der Waals surface area contributed by atoms with Gasteiger partial charge in [0.15, 0.2) is 5.78 Å². The minimum atomic E-state index is -0.872. The lowest BCUT2D eigenvalue weighted by Crippen LogP contribution is -2.21. The first-order chi connectivity index (χ1) is 16.1. The summed E-state index contributed by atoms with van der Waals surface area (Å²) in [6.45, 7) is 11.0. The number of rotatable bonds is 14. The van der Waals surface area contributed by atoms with Gasteiger partial charge in [-0.2, -0.15) is 0 Å². The van der Waals surface area contributed by atoms with Gasteiger partial charge in [-0.25, -0.2) is 4.79 Å². The topological polar surface area (TPSA) is 93.1 Å². The van der Waals surface area contributed by atoms with Gasteiger partial charge >= 0.3 is 5.97 Å². The normalized spacial score (nSPS) is 12.9. The molecule has 0 aliphatic heterocycles. The highest BCUT2D eigenvalue weighted by atomic mass is 16.5. The number of carbonyl (C=O) groups is 2. The van der Waals surface area contributed by atoms with Gasteiger partial charge in [0.05, 0.1) is 12.2 Å². The number of hydrogen-bond acceptors (Lipinski definition) is 6. The van der Waals surface area contributed by atoms with E-state index < -0.39 is 18.2 Å². The summed E-state index contributed by atoms with van der Waals surface area (Å²) in [4.78, 5) is 22.4. The molecule has 0 bridgehead atoms. The first-order valence-corrected chi connectivity index (χ1v) is 11.3. The molecule has 0 spiro atoms. The van der Waals surface area contributed by atoms with Crippen molar-refractivity contribution >= 4 is 11.8 Å². The molecule has 6 heteroatoms. The number of ether oxygens (including phenoxy) is 2. The number of hydrogen-bond donors (Lipinski definition) is 2. The van der Waals surface area contributed by atoms with Crippen molar-refractivity contribution in [3.8, 4) is 5.75 Å². The number of aliphatic hydroxyl groups excluding tert-OH is 2. The summed E-state index contributed by atoms with van der Waals surface area (Å²) in [6.07, 6.45) is 1.83. The molecule has 0 heterocycles. The summed E-state index contributed by atoms with van der Waals surface area (Å²) in [5.41, 5.74) is 3.09. The number of carbonyl (C=O) groups excluding carboxylic acids is 2. The van der Waals surface area contributed by atoms with Crippen molar-refractivity contribution in [3.05, 3.63) is 90.5 Å². The van der Waals surface area contributed by atoms with Gasteiger partial charge in [-0.05, 0) is 47.7 Å². The Morgan fingerprint density at radius 3 is 2.06 bits per heavy atom. The lowest BCUT2D eigenvalue weighted by atomic mass is 9.78. The zero-order valence-electron chi connectivity index (χ0n) is 19.9. The molecular weight excluding hydrogens is 432 g/mol. The van der Waals surface area contributed by atoms with Crippen LogP contribution in [0.1, 0.15) is 43.4 Å². The van der Waals surface area contributed by atoms with E-state index in [-0.39, 0.29) is 30.8 Å². The Balaban J connectivity index is 1.92. The molecule has 2 unspecified atom stereocenters. The maximum Gasteiger partial charge on any atom is 0.330 e. The van der Waals surface area contributed by atoms with Crippen molar-refractivity contribution in [2.45, 2.75) is 50.7 Å². The van der Waals surface area contributed by atoms with Crippen LogP contribution < -0.4 is 4.74 Å². The summed E-state index contributed by atoms with van der Waals surface area (Å²) in [7, 11) is 0. The monoisotopic (exact) mass is 466 g/mol. The van der Waals surface area contributed by atoms with Gasteiger partial charge in [-0.3, -0.25) is 4.79 Å². The predicted octanol–water partition coefficient (Wildman–Crippen LogP) is 3.92. The van der Waals surface area contributed by atoms with Crippen LogP contribution in [0.4, 0.5) is 0 Å². The third kappa shape index (κ3) is 8.28. The summed E-state index contributed by atoms with van der Waals surface area (Å²) >= 11 is 0. The Kier molecular flexibility index (Phi) is 10.2. The zero-order valence-corrected chi connectivity index (χ0v) is 19.9. The number of aryl methyl sites for hydroxylation is 1. The summed E-state index contributed by atoms with van der Waals surface area (Å²) in [5, 5.41) is 19.8. The van der Waals surface area contributed by atoms with E-state index in [0.29, 0.717) is 18.6 Å². The zero-order chi connectivity index (χ0) is 25.1. The van der Waals surface area contributed by atoms with Crippen LogP contribution in [0.5, 0.6) is 5.75 Å². The van der Waals surface area contributed by atoms with Crippen LogP contribution in [0.15, 0.2) is 73.8 Å². The van der Waals surface area contributed by atoms with Gasteiger partial charge in [-0.1, -0.05) is 63.4 Å². The molecule has 34 heavy (non-hydrogen) atoms. The van der Waals surface area contributed by atoms with Crippen LogP contribution >= 0.6 is 0 Å². The van der Waals surface area contributed by atoms with Gasteiger partial charge in [0.2, 0.25) is 0 Å². The Hall–Kier alpha value is -3.22. The van der Waals surface area contributed by atoms with Gasteiger partial charge in [0.1, 0.15) is 19.0 Å². The minimum absolute atomic E-state index is 0.00760. The summed E-state index contributed by atoms with van der Waals surface area (Å²) in [5.74, 6) is -0.135. The molecule has 0 aromatic heterocycles. The highest BCUT2D eigenvalue weighted by Gasteiger charge is 2.23. The third-order valence-corrected chi connectivity index (χ3v) is 5.71. The Morgan fingerprint density at radius 1 is 0.912 bits per heavy atom. The van der Waals surface area contributed by atoms with Gasteiger partial charge in [-0.15, -0.1) is 0 Å². The Labute approximate surface area is 201 Å². The molecule has 2 N–H and O–H groups in total. The van der Waals surface area contributed by atoms with Gasteiger partial charge in [0, 0.05) is 17.9 Å². The predicted molar refractivity (Wildman–Crippen MR) is 132 cm³/mol. The molecule has 6 nitrogen and oxygen atoms in total. The molecule has 182 valence electrons. The van der Waals surface area contributed by atoms with Crippen molar-refractivity contribution in [1.29, 1.82) is 0 Å². The highest BCUT2D eigenvalue weighted by molar-refractivity contribution is 5.89. The largest absolute Gasteiger partial charge is 0.491 e. The molecule has 0 amide bonds. The van der Waals surface area contributed by atoms with Crippen molar-refractivity contribution in [2.24, 2.45) is 0 Å². The molecule has 2 rings (SSSR count). The van der Waals surface area contributed by atoms with Crippen molar-refractivity contribution in [2.75, 3.05) is 13.2 Å². The molecule has 0 fully saturated rings. The van der Waals surface area contributed by atoms with Crippen molar-refractivity contribution in [1.82, 2.24) is 0 Å². The highest BCUT2D eigenvalue weighted by Crippen LogP contribution is 2.32. The van der Waals surface area contributed by atoms with Crippen LogP contribution in [0.2, 0.25) is 0 Å². The number of aliphatic hydroxyl groups is 2. The fourth-order valence-electron chi connectivity index (χ4n) is 3.44. The minimum Gasteiger partial charge on any atom is -0.491 e. The second kappa shape index (κ2) is 12.9. The average molecular weight is 467 g/mol. The van der Waals surface area contributed by atoms with Crippen LogP contribution in [-0.4, -0.2) is 47.4 Å². The number of benzene rings is 2. The molecular formula is C28H34O6. The number of ketones is 1. The van der Waals surface area contributed by atoms with Crippen LogP contribution in [-0.2, 0) is 26.2 Å². The van der Waals surface area contributed by atoms with E-state index >= 15 is 0 Å². The van der Waals surface area contributed by atoms with Crippen LogP contribution in [0, 0.1) is 0 Å². The van der Waals surface area contributed by atoms with E-state index in [4.69, 9.17) is 9.47 Å². The quantitative estimate of drug-likeness (QED) is 0.324. The van der Waals surface area contributed by atoms with Gasteiger partial charge in [0.25, 0.3) is 0 Å². The Bertz CT molecular complexity index is 959. The number of allylic oxidation sites excluding steroid dienone is 1. The molecule has 0 saturated heterocycles. The summed E-state index contributed by atoms with van der Waals surface area (Å²) in [6, 6.07) is 15.9. The molecule has 0 radical (unpaired) electrons. The summed E-state index contributed by atoms with van der Waals surface area (Å²) < 4.78 is 10.5. The van der Waals surface area contributed by atoms with Gasteiger partial charge < -0.3 is 19.7 Å². The fraction of sp³-hybridized carbons (Fsp3) is 0.357. The average Bonchev–Trinajstić information content (AvgIpc) is 2.85. The first-order valence-electron chi connectivity index (χ1n) is 11.3. The van der Waals surface area contributed by atoms with Crippen LogP contribution in [0.3, 0.4) is 0 Å². The van der Waals surface area contributed by atoms with E-state index in [1.807, 2.05) is 36.4 Å². The van der Waals surface area contributed by atoms with E-state index in [1.165, 1.54) is 6.08 Å². The maximum atomic E-state index is 11.3. The standard InChI is InChI=1S/C28H34O6/c1-5-23(29)17-25(31)19-33-26-15-12-22(13-16-26)28(3,4)21-10-7-20(8-11-21)9-14-24(30)18-34-27(32)6-2/h5-8,10-13,15-16,24-25,30-31H,1-2,9,14,17-19H2,3-4H3. The molecule has 0 aliphatic carbocycles. The smallest absolute Gasteiger partial charge is 0.330 e. The maximum absolute atomic E-state index is 11.3. The van der Waals surface area contributed by atoms with E-state index in [2.05, 4.69) is 39.1 Å². The molecule has 2 atom stereocenters.